The van der Waals surface area contributed by atoms with Gasteiger partial charge >= 0.3 is 6.03 Å². The number of urea groups is 1. The third-order valence-electron chi connectivity index (χ3n) is 9.30. The summed E-state index contributed by atoms with van der Waals surface area (Å²) in [5.74, 6) is -1.54. The molecule has 0 aliphatic carbocycles. The van der Waals surface area contributed by atoms with Crippen molar-refractivity contribution in [3.63, 3.8) is 0 Å². The fourth-order valence-corrected chi connectivity index (χ4v) is 6.58. The molecule has 0 radical (unpaired) electrons. The van der Waals surface area contributed by atoms with Crippen LogP contribution in [-0.2, 0) is 14.4 Å². The molecule has 4 fully saturated rings. The summed E-state index contributed by atoms with van der Waals surface area (Å²) in [6.07, 6.45) is 5.18. The molecule has 1 atom stereocenters. The lowest BCUT2D eigenvalue weighted by Gasteiger charge is -2.39. The first kappa shape index (κ1) is 30.9. The molecule has 5 rings (SSSR count). The molecule has 12 nitrogen and oxygen atoms in total. The number of carbonyl (C=O) groups excluding carboxylic acids is 5. The van der Waals surface area contributed by atoms with Crippen LogP contribution in [0.5, 0.6) is 0 Å². The molecule has 0 spiro atoms. The first-order valence-electron chi connectivity index (χ1n) is 15.8. The van der Waals surface area contributed by atoms with Gasteiger partial charge in [0, 0.05) is 83.1 Å². The van der Waals surface area contributed by atoms with E-state index >= 15 is 0 Å². The fourth-order valence-electron chi connectivity index (χ4n) is 6.58. The number of likely N-dealkylation sites (tertiary alicyclic amines) is 1. The fraction of sp³-hybridized carbons (Fsp3) is 0.645. The van der Waals surface area contributed by atoms with Gasteiger partial charge in [-0.2, -0.15) is 0 Å². The normalized spacial score (nSPS) is 22.3. The number of hydrogen-bond donors (Lipinski definition) is 1. The molecule has 12 heteroatoms. The Morgan fingerprint density at radius 1 is 0.884 bits per heavy atom. The number of hydrogen-bond acceptors (Lipinski definition) is 8. The Morgan fingerprint density at radius 3 is 2.14 bits per heavy atom. The molecule has 0 saturated carbocycles. The number of nitrogens with zero attached hydrogens (tertiary/aromatic N) is 6. The lowest BCUT2D eigenvalue weighted by atomic mass is 10.0. The van der Waals surface area contributed by atoms with Gasteiger partial charge in [0.05, 0.1) is 0 Å². The van der Waals surface area contributed by atoms with Crippen LogP contribution in [0.2, 0.25) is 0 Å². The van der Waals surface area contributed by atoms with E-state index < -0.39 is 23.8 Å². The molecule has 1 aromatic carbocycles. The van der Waals surface area contributed by atoms with Gasteiger partial charge in [0.1, 0.15) is 6.04 Å². The van der Waals surface area contributed by atoms with Crippen LogP contribution in [0.3, 0.4) is 0 Å². The molecular weight excluding hydrogens is 550 g/mol. The minimum atomic E-state index is -0.986. The average Bonchev–Trinajstić information content (AvgIpc) is 3.03. The Kier molecular flexibility index (Phi) is 10.3. The maximum absolute atomic E-state index is 13.4. The van der Waals surface area contributed by atoms with Crippen LogP contribution < -0.4 is 10.2 Å². The molecule has 4 aliphatic rings. The molecule has 1 unspecified atom stereocenters. The molecule has 1 aromatic rings. The second kappa shape index (κ2) is 14.3. The number of carbonyl (C=O) groups is 5. The van der Waals surface area contributed by atoms with Crippen LogP contribution in [0.25, 0.3) is 0 Å². The van der Waals surface area contributed by atoms with Gasteiger partial charge in [0.25, 0.3) is 5.91 Å². The van der Waals surface area contributed by atoms with E-state index in [9.17, 15) is 24.0 Å². The van der Waals surface area contributed by atoms with Gasteiger partial charge < -0.3 is 14.7 Å². The minimum absolute atomic E-state index is 0.0911. The maximum atomic E-state index is 13.4. The SMILES string of the molecule is Cc1ccc(N2CCN(CCCN3CCN(C(=O)N4CCCCC4)CC3)CC2)cc1C(=O)N(C=O)C1CCC(=O)NC1=O. The zero-order valence-corrected chi connectivity index (χ0v) is 25.3. The summed E-state index contributed by atoms with van der Waals surface area (Å²) in [6, 6.07) is 4.92. The summed E-state index contributed by atoms with van der Waals surface area (Å²) >= 11 is 0. The smallest absolute Gasteiger partial charge is 0.320 e. The highest BCUT2D eigenvalue weighted by molar-refractivity contribution is 6.07. The number of amides is 6. The standard InChI is InChI=1S/C31H45N7O5/c1-24-6-7-25(22-26(24)30(42)38(23-39)27-8-9-28(40)32-29(27)41)35-18-14-33(15-19-35)10-5-11-34-16-20-37(21-17-34)31(43)36-12-3-2-4-13-36/h6-7,22-23,27H,2-5,8-21H2,1H3,(H,32,40,41). The van der Waals surface area contributed by atoms with E-state index in [-0.39, 0.29) is 18.9 Å². The Balaban J connectivity index is 1.06. The van der Waals surface area contributed by atoms with Crippen LogP contribution >= 0.6 is 0 Å². The maximum Gasteiger partial charge on any atom is 0.320 e. The van der Waals surface area contributed by atoms with E-state index in [0.717, 1.165) is 114 Å². The second-order valence-electron chi connectivity index (χ2n) is 12.1. The van der Waals surface area contributed by atoms with Gasteiger partial charge in [-0.3, -0.25) is 39.2 Å². The van der Waals surface area contributed by atoms with E-state index in [1.54, 1.807) is 0 Å². The number of benzene rings is 1. The molecular formula is C31H45N7O5. The topological polar surface area (TPSA) is 117 Å². The van der Waals surface area contributed by atoms with Crippen molar-refractivity contribution in [1.29, 1.82) is 0 Å². The lowest BCUT2D eigenvalue weighted by Crippen LogP contribution is -2.54. The summed E-state index contributed by atoms with van der Waals surface area (Å²) in [5.41, 5.74) is 2.03. The zero-order chi connectivity index (χ0) is 30.3. The van der Waals surface area contributed by atoms with Crippen LogP contribution in [0.15, 0.2) is 18.2 Å². The lowest BCUT2D eigenvalue weighted by molar-refractivity contribution is -0.139. The number of anilines is 1. The van der Waals surface area contributed by atoms with E-state index in [1.165, 1.54) is 6.42 Å². The van der Waals surface area contributed by atoms with Crippen molar-refractivity contribution in [2.75, 3.05) is 83.4 Å². The predicted octanol–water partition coefficient (Wildman–Crippen LogP) is 1.13. The van der Waals surface area contributed by atoms with Crippen molar-refractivity contribution < 1.29 is 24.0 Å². The summed E-state index contributed by atoms with van der Waals surface area (Å²) < 4.78 is 0. The summed E-state index contributed by atoms with van der Waals surface area (Å²) in [6.45, 7) is 12.7. The Morgan fingerprint density at radius 2 is 1.51 bits per heavy atom. The highest BCUT2D eigenvalue weighted by Crippen LogP contribution is 2.24. The number of piperidine rings is 2. The second-order valence-corrected chi connectivity index (χ2v) is 12.1. The molecule has 6 amide bonds. The molecule has 43 heavy (non-hydrogen) atoms. The van der Waals surface area contributed by atoms with Crippen LogP contribution in [0.1, 0.15) is 54.4 Å². The van der Waals surface area contributed by atoms with Crippen LogP contribution in [0.4, 0.5) is 10.5 Å². The van der Waals surface area contributed by atoms with Crippen molar-refractivity contribution in [1.82, 2.24) is 29.8 Å². The van der Waals surface area contributed by atoms with Gasteiger partial charge in [0.15, 0.2) is 0 Å². The molecule has 1 N–H and O–H groups in total. The van der Waals surface area contributed by atoms with E-state index in [1.807, 2.05) is 34.9 Å². The van der Waals surface area contributed by atoms with Crippen molar-refractivity contribution in [3.8, 4) is 0 Å². The van der Waals surface area contributed by atoms with E-state index in [0.29, 0.717) is 12.0 Å². The third kappa shape index (κ3) is 7.53. The summed E-state index contributed by atoms with van der Waals surface area (Å²) in [5, 5.41) is 2.22. The van der Waals surface area contributed by atoms with Crippen LogP contribution in [0, 0.1) is 6.92 Å². The average molecular weight is 596 g/mol. The van der Waals surface area contributed by atoms with E-state index in [2.05, 4.69) is 20.0 Å². The molecule has 0 bridgehead atoms. The quantitative estimate of drug-likeness (QED) is 0.351. The minimum Gasteiger partial charge on any atom is -0.369 e. The highest BCUT2D eigenvalue weighted by atomic mass is 16.2. The van der Waals surface area contributed by atoms with Gasteiger partial charge in [0.2, 0.25) is 18.2 Å². The molecule has 4 aliphatic heterocycles. The molecule has 4 saturated heterocycles. The number of imide groups is 2. The van der Waals surface area contributed by atoms with Gasteiger partial charge in [-0.05, 0) is 69.8 Å². The van der Waals surface area contributed by atoms with Crippen molar-refractivity contribution in [3.05, 3.63) is 29.3 Å². The molecule has 0 aromatic heterocycles. The third-order valence-corrected chi connectivity index (χ3v) is 9.30. The molecule has 4 heterocycles. The van der Waals surface area contributed by atoms with Crippen molar-refractivity contribution in [2.45, 2.75) is 51.5 Å². The van der Waals surface area contributed by atoms with Crippen molar-refractivity contribution in [2.24, 2.45) is 0 Å². The zero-order valence-electron chi connectivity index (χ0n) is 25.3. The largest absolute Gasteiger partial charge is 0.369 e. The summed E-state index contributed by atoms with van der Waals surface area (Å²) in [7, 11) is 0. The summed E-state index contributed by atoms with van der Waals surface area (Å²) in [4.78, 5) is 74.0. The van der Waals surface area contributed by atoms with E-state index in [4.69, 9.17) is 0 Å². The van der Waals surface area contributed by atoms with Crippen molar-refractivity contribution >= 4 is 35.9 Å². The Hall–Kier alpha value is -3.51. The highest BCUT2D eigenvalue weighted by Gasteiger charge is 2.35. The Labute approximate surface area is 253 Å². The monoisotopic (exact) mass is 595 g/mol. The van der Waals surface area contributed by atoms with Gasteiger partial charge in [-0.1, -0.05) is 6.07 Å². The van der Waals surface area contributed by atoms with Crippen LogP contribution in [-0.4, -0.2) is 139 Å². The number of aryl methyl sites for hydroxylation is 1. The Bertz CT molecular complexity index is 1190. The molecule has 234 valence electrons. The number of piperazine rings is 2. The number of nitrogens with one attached hydrogen (secondary N) is 1. The van der Waals surface area contributed by atoms with Gasteiger partial charge in [-0.15, -0.1) is 0 Å². The number of rotatable bonds is 8. The first-order valence-corrected chi connectivity index (χ1v) is 15.8. The first-order chi connectivity index (χ1) is 20.8. The van der Waals surface area contributed by atoms with Gasteiger partial charge in [-0.25, -0.2) is 4.79 Å². The predicted molar refractivity (Wildman–Crippen MR) is 162 cm³/mol.